The molecule has 3 rings (SSSR count). The molecule has 8 heteroatoms. The number of hydrogen-bond donors (Lipinski definition) is 0. The molecule has 0 bridgehead atoms. The van der Waals surface area contributed by atoms with E-state index < -0.39 is 28.9 Å². The van der Waals surface area contributed by atoms with Crippen molar-refractivity contribution in [3.8, 4) is 5.75 Å². The summed E-state index contributed by atoms with van der Waals surface area (Å²) in [6.45, 7) is 3.63. The molecule has 172 valence electrons. The van der Waals surface area contributed by atoms with Crippen molar-refractivity contribution in [1.29, 1.82) is 0 Å². The average molecular weight is 469 g/mol. The first-order valence-electron chi connectivity index (χ1n) is 10.7. The summed E-state index contributed by atoms with van der Waals surface area (Å²) in [5, 5.41) is 0.669. The van der Waals surface area contributed by atoms with E-state index in [1.807, 2.05) is 13.8 Å². The highest BCUT2D eigenvalue weighted by Gasteiger charge is 2.32. The molecule has 0 atom stereocenters. The molecular formula is C25H25ClN2O5. The molecule has 0 unspecified atom stereocenters. The minimum Gasteiger partial charge on any atom is -0.425 e. The van der Waals surface area contributed by atoms with Crippen LogP contribution in [-0.2, 0) is 16.6 Å². The number of ether oxygens (including phenoxy) is 1. The van der Waals surface area contributed by atoms with Crippen molar-refractivity contribution in [3.05, 3.63) is 69.5 Å². The van der Waals surface area contributed by atoms with Crippen LogP contribution >= 0.6 is 11.6 Å². The van der Waals surface area contributed by atoms with E-state index in [1.54, 1.807) is 42.5 Å². The Kier molecular flexibility index (Phi) is 7.66. The van der Waals surface area contributed by atoms with Gasteiger partial charge in [-0.2, -0.15) is 0 Å². The predicted octanol–water partition coefficient (Wildman–Crippen LogP) is 4.87. The van der Waals surface area contributed by atoms with Crippen LogP contribution < -0.4 is 15.2 Å². The number of amides is 2. The lowest BCUT2D eigenvalue weighted by Gasteiger charge is -2.23. The van der Waals surface area contributed by atoms with Gasteiger partial charge in [-0.25, -0.2) is 4.90 Å². The first-order chi connectivity index (χ1) is 15.8. The molecule has 0 spiro atoms. The van der Waals surface area contributed by atoms with Crippen molar-refractivity contribution >= 4 is 46.0 Å². The number of aromatic nitrogens is 1. The number of fused-ring (bicyclic) bond motifs is 1. The molecule has 0 aliphatic heterocycles. The van der Waals surface area contributed by atoms with Gasteiger partial charge in [0.1, 0.15) is 5.56 Å². The molecule has 0 saturated carbocycles. The van der Waals surface area contributed by atoms with E-state index in [1.165, 1.54) is 17.7 Å². The summed E-state index contributed by atoms with van der Waals surface area (Å²) in [5.41, 5.74) is -0.323. The van der Waals surface area contributed by atoms with Crippen LogP contribution in [0, 0.1) is 0 Å². The van der Waals surface area contributed by atoms with Gasteiger partial charge >= 0.3 is 5.97 Å². The minimum absolute atomic E-state index is 0.0993. The number of carbonyl (C=O) groups excluding carboxylic acids is 3. The van der Waals surface area contributed by atoms with Crippen LogP contribution in [0.15, 0.2) is 53.3 Å². The van der Waals surface area contributed by atoms with Crippen molar-refractivity contribution in [2.75, 3.05) is 4.90 Å². The van der Waals surface area contributed by atoms with E-state index in [2.05, 4.69) is 0 Å². The van der Waals surface area contributed by atoms with Gasteiger partial charge in [-0.1, -0.05) is 43.6 Å². The predicted molar refractivity (Wildman–Crippen MR) is 128 cm³/mol. The van der Waals surface area contributed by atoms with E-state index in [0.717, 1.165) is 4.90 Å². The Balaban J connectivity index is 2.32. The van der Waals surface area contributed by atoms with Crippen molar-refractivity contribution < 1.29 is 19.1 Å². The highest BCUT2D eigenvalue weighted by Crippen LogP contribution is 2.32. The van der Waals surface area contributed by atoms with Crippen LogP contribution in [-0.4, -0.2) is 22.4 Å². The fourth-order valence-electron chi connectivity index (χ4n) is 3.54. The monoisotopic (exact) mass is 468 g/mol. The lowest BCUT2D eigenvalue weighted by molar-refractivity contribution is -0.134. The first kappa shape index (κ1) is 24.2. The smallest absolute Gasteiger partial charge is 0.311 e. The third kappa shape index (κ3) is 4.98. The normalized spacial score (nSPS) is 10.8. The maximum Gasteiger partial charge on any atom is 0.311 e. The Morgan fingerprint density at radius 3 is 2.30 bits per heavy atom. The Labute approximate surface area is 196 Å². The molecule has 7 nitrogen and oxygen atoms in total. The van der Waals surface area contributed by atoms with Crippen LogP contribution in [0.2, 0.25) is 5.02 Å². The van der Waals surface area contributed by atoms with Crippen LogP contribution in [0.5, 0.6) is 5.75 Å². The standard InChI is InChI=1S/C25H25ClN2O5/c1-4-9-20(29)28(17-11-7-6-8-12-17)25(32)22-23(33-21(30)10-5-2)18-15-16(26)13-14-19(18)27(3)24(22)31/h6-8,11-15H,4-5,9-10H2,1-3H3. The maximum atomic E-state index is 13.8. The van der Waals surface area contributed by atoms with Gasteiger partial charge < -0.3 is 9.30 Å². The van der Waals surface area contributed by atoms with Gasteiger partial charge in [-0.05, 0) is 43.2 Å². The molecular weight excluding hydrogens is 444 g/mol. The fraction of sp³-hybridized carbons (Fsp3) is 0.280. The summed E-state index contributed by atoms with van der Waals surface area (Å²) in [7, 11) is 1.51. The molecule has 0 aliphatic rings. The molecule has 3 aromatic rings. The van der Waals surface area contributed by atoms with E-state index in [0.29, 0.717) is 34.5 Å². The minimum atomic E-state index is -0.860. The maximum absolute atomic E-state index is 13.8. The van der Waals surface area contributed by atoms with E-state index in [4.69, 9.17) is 16.3 Å². The van der Waals surface area contributed by atoms with E-state index >= 15 is 0 Å². The lowest BCUT2D eigenvalue weighted by atomic mass is 10.1. The van der Waals surface area contributed by atoms with Gasteiger partial charge in [-0.15, -0.1) is 0 Å². The van der Waals surface area contributed by atoms with E-state index in [-0.39, 0.29) is 18.6 Å². The highest BCUT2D eigenvalue weighted by atomic mass is 35.5. The van der Waals surface area contributed by atoms with Crippen molar-refractivity contribution in [3.63, 3.8) is 0 Å². The Morgan fingerprint density at radius 1 is 1.00 bits per heavy atom. The largest absolute Gasteiger partial charge is 0.425 e. The fourth-order valence-corrected chi connectivity index (χ4v) is 3.72. The number of anilines is 1. The summed E-state index contributed by atoms with van der Waals surface area (Å²) in [4.78, 5) is 53.5. The molecule has 0 N–H and O–H groups in total. The average Bonchev–Trinajstić information content (AvgIpc) is 2.78. The van der Waals surface area contributed by atoms with Crippen LogP contribution in [0.25, 0.3) is 10.9 Å². The number of aryl methyl sites for hydroxylation is 1. The number of benzene rings is 2. The van der Waals surface area contributed by atoms with Gasteiger partial charge in [-0.3, -0.25) is 19.2 Å². The van der Waals surface area contributed by atoms with Crippen LogP contribution in [0.1, 0.15) is 49.9 Å². The second-order valence-electron chi connectivity index (χ2n) is 7.57. The summed E-state index contributed by atoms with van der Waals surface area (Å²) in [6, 6.07) is 13.1. The Hall–Kier alpha value is -3.45. The molecule has 0 radical (unpaired) electrons. The van der Waals surface area contributed by atoms with Crippen molar-refractivity contribution in [1.82, 2.24) is 4.57 Å². The molecule has 0 aliphatic carbocycles. The number of esters is 1. The van der Waals surface area contributed by atoms with Crippen molar-refractivity contribution in [2.45, 2.75) is 39.5 Å². The zero-order valence-corrected chi connectivity index (χ0v) is 19.5. The molecule has 33 heavy (non-hydrogen) atoms. The summed E-state index contributed by atoms with van der Waals surface area (Å²) in [6.07, 6.45) is 1.24. The topological polar surface area (TPSA) is 85.7 Å². The zero-order valence-electron chi connectivity index (χ0n) is 18.8. The lowest BCUT2D eigenvalue weighted by Crippen LogP contribution is -2.41. The summed E-state index contributed by atoms with van der Waals surface area (Å²) in [5.74, 6) is -2.11. The number of para-hydroxylation sites is 1. The first-order valence-corrected chi connectivity index (χ1v) is 11.1. The second-order valence-corrected chi connectivity index (χ2v) is 8.01. The summed E-state index contributed by atoms with van der Waals surface area (Å²) >= 11 is 6.19. The van der Waals surface area contributed by atoms with Gasteiger partial charge in [0.25, 0.3) is 11.5 Å². The van der Waals surface area contributed by atoms with E-state index in [9.17, 15) is 19.2 Å². The summed E-state index contributed by atoms with van der Waals surface area (Å²) < 4.78 is 6.85. The zero-order chi connectivity index (χ0) is 24.1. The number of pyridine rings is 1. The molecule has 0 saturated heterocycles. The Morgan fingerprint density at radius 2 is 1.67 bits per heavy atom. The van der Waals surface area contributed by atoms with Gasteiger partial charge in [0.15, 0.2) is 5.75 Å². The molecule has 1 heterocycles. The third-order valence-corrected chi connectivity index (χ3v) is 5.36. The second kappa shape index (κ2) is 10.4. The van der Waals surface area contributed by atoms with Crippen LogP contribution in [0.3, 0.4) is 0 Å². The molecule has 2 aromatic carbocycles. The highest BCUT2D eigenvalue weighted by molar-refractivity contribution is 6.31. The number of nitrogens with zero attached hydrogens (tertiary/aromatic N) is 2. The van der Waals surface area contributed by atoms with Crippen molar-refractivity contribution in [2.24, 2.45) is 7.05 Å². The molecule has 2 amide bonds. The number of hydrogen-bond acceptors (Lipinski definition) is 5. The van der Waals surface area contributed by atoms with Gasteiger partial charge in [0, 0.05) is 30.3 Å². The van der Waals surface area contributed by atoms with Gasteiger partial charge in [0.2, 0.25) is 5.91 Å². The number of carbonyl (C=O) groups is 3. The number of rotatable bonds is 7. The van der Waals surface area contributed by atoms with Crippen LogP contribution in [0.4, 0.5) is 5.69 Å². The quantitative estimate of drug-likeness (QED) is 0.462. The third-order valence-electron chi connectivity index (χ3n) is 5.12. The SMILES string of the molecule is CCCC(=O)Oc1c(C(=O)N(C(=O)CCC)c2ccccc2)c(=O)n(C)c2ccc(Cl)cc12. The number of halogens is 1. The Bertz CT molecular complexity index is 1270. The molecule has 0 fully saturated rings. The number of imide groups is 1. The van der Waals surface area contributed by atoms with Gasteiger partial charge in [0.05, 0.1) is 11.2 Å². The molecule has 1 aromatic heterocycles.